The number of aliphatic hydroxyl groups excluding tert-OH is 1. The van der Waals surface area contributed by atoms with Crippen LogP contribution in [0.25, 0.3) is 0 Å². The first kappa shape index (κ1) is 16.6. The van der Waals surface area contributed by atoms with E-state index in [1.807, 2.05) is 20.8 Å². The zero-order chi connectivity index (χ0) is 17.8. The van der Waals surface area contributed by atoms with Crippen molar-refractivity contribution in [3.05, 3.63) is 45.4 Å². The second-order valence-electron chi connectivity index (χ2n) is 6.63. The Morgan fingerprint density at radius 3 is 2.38 bits per heavy atom. The van der Waals surface area contributed by atoms with Crippen LogP contribution in [0, 0.1) is 13.8 Å². The molecule has 128 valence electrons. The summed E-state index contributed by atoms with van der Waals surface area (Å²) in [5.74, 6) is 1.27. The molecular formula is C20H24O4. The number of aliphatic hydroxyl groups is 1. The van der Waals surface area contributed by atoms with Gasteiger partial charge in [-0.2, -0.15) is 0 Å². The molecule has 24 heavy (non-hydrogen) atoms. The number of ketones is 1. The molecule has 1 aliphatic carbocycles. The Balaban J connectivity index is 2.32. The van der Waals surface area contributed by atoms with Crippen LogP contribution < -0.4 is 9.47 Å². The van der Waals surface area contributed by atoms with Crippen molar-refractivity contribution in [1.29, 1.82) is 0 Å². The van der Waals surface area contributed by atoms with Gasteiger partial charge in [-0.3, -0.25) is 4.79 Å². The highest BCUT2D eigenvalue weighted by Gasteiger charge is 2.51. The molecule has 1 aliphatic heterocycles. The van der Waals surface area contributed by atoms with Crippen LogP contribution in [-0.4, -0.2) is 16.5 Å². The zero-order valence-electron chi connectivity index (χ0n) is 15.2. The molecule has 1 atom stereocenters. The van der Waals surface area contributed by atoms with Crippen LogP contribution >= 0.6 is 0 Å². The van der Waals surface area contributed by atoms with Crippen LogP contribution in [0.5, 0.6) is 11.5 Å². The van der Waals surface area contributed by atoms with Gasteiger partial charge in [0.2, 0.25) is 5.78 Å². The van der Waals surface area contributed by atoms with Crippen molar-refractivity contribution in [3.8, 4) is 11.5 Å². The highest BCUT2D eigenvalue weighted by atomic mass is 16.6. The van der Waals surface area contributed by atoms with Gasteiger partial charge in [0.1, 0.15) is 0 Å². The number of fused-ring (bicyclic) bond motifs is 2. The Bertz CT molecular complexity index is 813. The average molecular weight is 328 g/mol. The van der Waals surface area contributed by atoms with Gasteiger partial charge in [-0.25, -0.2) is 0 Å². The molecule has 2 aliphatic rings. The maximum Gasteiger partial charge on any atom is 0.226 e. The molecule has 1 unspecified atom stereocenters. The third kappa shape index (κ3) is 1.95. The molecule has 0 bridgehead atoms. The summed E-state index contributed by atoms with van der Waals surface area (Å²) in [6.45, 7) is 11.5. The summed E-state index contributed by atoms with van der Waals surface area (Å²) in [4.78, 5) is 12.3. The number of carbonyl (C=O) groups excluding carboxylic acids is 1. The van der Waals surface area contributed by atoms with E-state index in [-0.39, 0.29) is 5.76 Å². The van der Waals surface area contributed by atoms with E-state index >= 15 is 0 Å². The molecule has 1 aromatic carbocycles. The quantitative estimate of drug-likeness (QED) is 0.870. The van der Waals surface area contributed by atoms with Crippen LogP contribution in [0.3, 0.4) is 0 Å². The Morgan fingerprint density at radius 2 is 1.79 bits per heavy atom. The van der Waals surface area contributed by atoms with E-state index in [0.717, 1.165) is 17.5 Å². The predicted octanol–water partition coefficient (Wildman–Crippen LogP) is 4.47. The molecule has 0 amide bonds. The van der Waals surface area contributed by atoms with Crippen molar-refractivity contribution in [1.82, 2.24) is 0 Å². The second kappa shape index (κ2) is 5.40. The molecule has 4 heteroatoms. The van der Waals surface area contributed by atoms with Gasteiger partial charge in [0.05, 0.1) is 0 Å². The molecule has 0 saturated carbocycles. The minimum atomic E-state index is -0.918. The predicted molar refractivity (Wildman–Crippen MR) is 92.6 cm³/mol. The van der Waals surface area contributed by atoms with Gasteiger partial charge in [0.25, 0.3) is 0 Å². The van der Waals surface area contributed by atoms with Gasteiger partial charge < -0.3 is 14.6 Å². The highest BCUT2D eigenvalue weighted by Crippen LogP contribution is 2.51. The fourth-order valence-corrected chi connectivity index (χ4v) is 3.72. The lowest BCUT2D eigenvalue weighted by atomic mass is 9.79. The fraction of sp³-hybridized carbons (Fsp3) is 0.450. The van der Waals surface area contributed by atoms with Crippen molar-refractivity contribution in [2.24, 2.45) is 0 Å². The number of hydrogen-bond donors (Lipinski definition) is 1. The molecule has 4 nitrogen and oxygen atoms in total. The van der Waals surface area contributed by atoms with E-state index in [1.54, 1.807) is 13.8 Å². The number of Topliss-reactive ketones (excluding diaryl/α,β-unsaturated/α-hetero) is 1. The molecule has 1 aromatic rings. The molecule has 1 heterocycles. The first-order valence-electron chi connectivity index (χ1n) is 8.44. The minimum Gasteiger partial charge on any atom is -0.504 e. The molecule has 0 saturated heterocycles. The van der Waals surface area contributed by atoms with E-state index in [9.17, 15) is 9.90 Å². The number of rotatable bonds is 2. The smallest absolute Gasteiger partial charge is 0.226 e. The molecule has 0 aromatic heterocycles. The van der Waals surface area contributed by atoms with E-state index in [1.165, 1.54) is 5.56 Å². The monoisotopic (exact) mass is 328 g/mol. The topological polar surface area (TPSA) is 55.8 Å². The normalized spacial score (nSPS) is 22.8. The van der Waals surface area contributed by atoms with E-state index in [2.05, 4.69) is 13.0 Å². The van der Waals surface area contributed by atoms with E-state index in [0.29, 0.717) is 34.8 Å². The minimum absolute atomic E-state index is 0.230. The van der Waals surface area contributed by atoms with Crippen LogP contribution in [0.4, 0.5) is 0 Å². The molecule has 1 N–H and O–H groups in total. The lowest BCUT2D eigenvalue weighted by Gasteiger charge is -2.44. The largest absolute Gasteiger partial charge is 0.504 e. The van der Waals surface area contributed by atoms with Crippen molar-refractivity contribution in [2.75, 3.05) is 0 Å². The van der Waals surface area contributed by atoms with Gasteiger partial charge >= 0.3 is 0 Å². The summed E-state index contributed by atoms with van der Waals surface area (Å²) in [6, 6.07) is 2.11. The summed E-state index contributed by atoms with van der Waals surface area (Å²) in [5.41, 5.74) is 3.25. The fourth-order valence-electron chi connectivity index (χ4n) is 3.72. The number of carbonyl (C=O) groups is 1. The summed E-state index contributed by atoms with van der Waals surface area (Å²) in [5, 5.41) is 10.3. The summed E-state index contributed by atoms with van der Waals surface area (Å²) < 4.78 is 12.7. The maximum atomic E-state index is 12.3. The maximum absolute atomic E-state index is 12.3. The number of allylic oxidation sites excluding steroid dienone is 1. The lowest BCUT2D eigenvalue weighted by molar-refractivity contribution is -0.115. The standard InChI is InChI=1S/C20H24O4/c1-7-14-9-10(3)17-18(11(14)4)24-20(8-2)13(6)16(22)15(21)12(5)19(20)23-17/h9,22H,7-8H2,1-6H3. The van der Waals surface area contributed by atoms with Crippen molar-refractivity contribution >= 4 is 5.78 Å². The van der Waals surface area contributed by atoms with E-state index in [4.69, 9.17) is 9.47 Å². The summed E-state index contributed by atoms with van der Waals surface area (Å²) in [7, 11) is 0. The number of ether oxygens (including phenoxy) is 2. The van der Waals surface area contributed by atoms with Crippen molar-refractivity contribution in [2.45, 2.75) is 60.0 Å². The van der Waals surface area contributed by atoms with Crippen molar-refractivity contribution < 1.29 is 19.4 Å². The third-order valence-electron chi connectivity index (χ3n) is 5.36. The first-order chi connectivity index (χ1) is 11.3. The third-order valence-corrected chi connectivity index (χ3v) is 5.36. The molecule has 0 fully saturated rings. The van der Waals surface area contributed by atoms with Crippen LogP contribution in [0.15, 0.2) is 28.7 Å². The lowest BCUT2D eigenvalue weighted by Crippen LogP contribution is -2.48. The van der Waals surface area contributed by atoms with Gasteiger partial charge in [-0.1, -0.05) is 19.9 Å². The Hall–Kier alpha value is -2.23. The first-order valence-corrected chi connectivity index (χ1v) is 8.44. The summed E-state index contributed by atoms with van der Waals surface area (Å²) in [6.07, 6.45) is 1.47. The van der Waals surface area contributed by atoms with Crippen molar-refractivity contribution in [3.63, 3.8) is 0 Å². The Labute approximate surface area is 142 Å². The van der Waals surface area contributed by atoms with Gasteiger partial charge in [-0.15, -0.1) is 0 Å². The number of hydrogen-bond acceptors (Lipinski definition) is 4. The van der Waals surface area contributed by atoms with Gasteiger partial charge in [-0.05, 0) is 57.2 Å². The highest BCUT2D eigenvalue weighted by molar-refractivity contribution is 6.08. The summed E-state index contributed by atoms with van der Waals surface area (Å²) >= 11 is 0. The van der Waals surface area contributed by atoms with Gasteiger partial charge in [0.15, 0.2) is 28.6 Å². The SMILES string of the molecule is CCc1cc(C)c2c(c1C)OC1(CC)C(C)=C(O)C(=O)C(C)=C1O2. The number of benzene rings is 1. The van der Waals surface area contributed by atoms with Crippen LogP contribution in [0.1, 0.15) is 50.8 Å². The zero-order valence-corrected chi connectivity index (χ0v) is 15.2. The Morgan fingerprint density at radius 1 is 1.12 bits per heavy atom. The second-order valence-corrected chi connectivity index (χ2v) is 6.63. The van der Waals surface area contributed by atoms with Gasteiger partial charge in [0, 0.05) is 11.1 Å². The van der Waals surface area contributed by atoms with Crippen LogP contribution in [0.2, 0.25) is 0 Å². The molecule has 0 radical (unpaired) electrons. The van der Waals surface area contributed by atoms with E-state index < -0.39 is 11.4 Å². The Kier molecular flexibility index (Phi) is 3.74. The molecule has 0 spiro atoms. The molecule has 3 rings (SSSR count). The molecular weight excluding hydrogens is 304 g/mol. The van der Waals surface area contributed by atoms with Crippen LogP contribution in [-0.2, 0) is 11.2 Å². The average Bonchev–Trinajstić information content (AvgIpc) is 2.59. The number of aryl methyl sites for hydroxylation is 2.